The van der Waals surface area contributed by atoms with Crippen molar-refractivity contribution >= 4 is 28.9 Å². The van der Waals surface area contributed by atoms with Crippen LogP contribution in [0.25, 0.3) is 0 Å². The molecule has 9 heteroatoms. The molecule has 0 aliphatic carbocycles. The Labute approximate surface area is 200 Å². The average molecular weight is 483 g/mol. The van der Waals surface area contributed by atoms with Crippen LogP contribution in [0.3, 0.4) is 0 Å². The molecule has 2 aromatic carbocycles. The smallest absolute Gasteiger partial charge is 0.339 e. The van der Waals surface area contributed by atoms with E-state index in [1.807, 2.05) is 23.6 Å². The Balaban J connectivity index is 1.57. The molecule has 4 rings (SSSR count). The Morgan fingerprint density at radius 2 is 1.91 bits per heavy atom. The first-order valence-corrected chi connectivity index (χ1v) is 11.4. The molecular formula is C25H23FN2O5S. The molecular weight excluding hydrogens is 459 g/mol. The van der Waals surface area contributed by atoms with E-state index >= 15 is 0 Å². The number of carbonyl (C=O) groups excluding carboxylic acids is 2. The van der Waals surface area contributed by atoms with Gasteiger partial charge in [-0.15, -0.1) is 11.3 Å². The largest absolute Gasteiger partial charge is 0.493 e. The number of carbonyl (C=O) groups is 2. The number of hydrogen-bond acceptors (Lipinski definition) is 7. The molecule has 1 aromatic heterocycles. The van der Waals surface area contributed by atoms with Crippen LogP contribution in [-0.4, -0.2) is 43.4 Å². The summed E-state index contributed by atoms with van der Waals surface area (Å²) in [6, 6.07) is 12.7. The molecule has 2 heterocycles. The molecule has 1 unspecified atom stereocenters. The summed E-state index contributed by atoms with van der Waals surface area (Å²) in [7, 11) is 3.09. The molecule has 0 bridgehead atoms. The molecule has 34 heavy (non-hydrogen) atoms. The number of thiophene rings is 1. The summed E-state index contributed by atoms with van der Waals surface area (Å²) in [6.45, 7) is 1.14. The molecule has 0 saturated heterocycles. The van der Waals surface area contributed by atoms with Crippen molar-refractivity contribution in [3.8, 4) is 11.5 Å². The molecule has 0 fully saturated rings. The maximum Gasteiger partial charge on any atom is 0.339 e. The van der Waals surface area contributed by atoms with Crippen LogP contribution in [-0.2, 0) is 9.53 Å². The van der Waals surface area contributed by atoms with Crippen molar-refractivity contribution in [2.75, 3.05) is 20.8 Å². The van der Waals surface area contributed by atoms with E-state index in [2.05, 4.69) is 5.10 Å². The summed E-state index contributed by atoms with van der Waals surface area (Å²) < 4.78 is 29.5. The Bertz CT molecular complexity index is 1240. The van der Waals surface area contributed by atoms with Crippen LogP contribution in [0.5, 0.6) is 11.5 Å². The lowest BCUT2D eigenvalue weighted by Crippen LogP contribution is -2.31. The number of ether oxygens (including phenoxy) is 3. The first-order valence-electron chi connectivity index (χ1n) is 10.5. The van der Waals surface area contributed by atoms with Gasteiger partial charge in [0.15, 0.2) is 18.1 Å². The van der Waals surface area contributed by atoms with Crippen LogP contribution in [0.4, 0.5) is 4.39 Å². The van der Waals surface area contributed by atoms with E-state index in [-0.39, 0.29) is 5.56 Å². The minimum absolute atomic E-state index is 0.0773. The number of nitrogens with zero attached hydrogens (tertiary/aromatic N) is 2. The van der Waals surface area contributed by atoms with Crippen molar-refractivity contribution in [2.45, 2.75) is 19.4 Å². The van der Waals surface area contributed by atoms with Gasteiger partial charge in [0.1, 0.15) is 5.82 Å². The zero-order valence-electron chi connectivity index (χ0n) is 18.9. The zero-order valence-corrected chi connectivity index (χ0v) is 19.7. The lowest BCUT2D eigenvalue weighted by atomic mass is 10.0. The minimum atomic E-state index is -0.769. The van der Waals surface area contributed by atoms with Crippen molar-refractivity contribution in [1.82, 2.24) is 5.01 Å². The van der Waals surface area contributed by atoms with Gasteiger partial charge in [0, 0.05) is 6.42 Å². The molecule has 1 aliphatic rings. The topological polar surface area (TPSA) is 77.4 Å². The van der Waals surface area contributed by atoms with E-state index in [1.165, 1.54) is 28.5 Å². The fraction of sp³-hybridized carbons (Fsp3) is 0.240. The first kappa shape index (κ1) is 23.4. The summed E-state index contributed by atoms with van der Waals surface area (Å²) in [6.07, 6.45) is 0.485. The number of halogens is 1. The Morgan fingerprint density at radius 1 is 1.12 bits per heavy atom. The van der Waals surface area contributed by atoms with Gasteiger partial charge in [0.25, 0.3) is 5.91 Å². The van der Waals surface area contributed by atoms with Crippen LogP contribution in [0, 0.1) is 12.7 Å². The molecule has 7 nitrogen and oxygen atoms in total. The number of rotatable bonds is 7. The van der Waals surface area contributed by atoms with Crippen molar-refractivity contribution < 1.29 is 28.2 Å². The number of amides is 1. The van der Waals surface area contributed by atoms with Gasteiger partial charge in [-0.25, -0.2) is 14.2 Å². The van der Waals surface area contributed by atoms with E-state index in [4.69, 9.17) is 14.2 Å². The highest BCUT2D eigenvalue weighted by atomic mass is 32.1. The quantitative estimate of drug-likeness (QED) is 0.455. The van der Waals surface area contributed by atoms with E-state index < -0.39 is 30.3 Å². The monoisotopic (exact) mass is 482 g/mol. The summed E-state index contributed by atoms with van der Waals surface area (Å²) in [5.74, 6) is -0.712. The average Bonchev–Trinajstić information content (AvgIpc) is 3.53. The van der Waals surface area contributed by atoms with E-state index in [1.54, 1.807) is 33.3 Å². The van der Waals surface area contributed by atoms with Gasteiger partial charge in [0.05, 0.1) is 36.4 Å². The zero-order chi connectivity index (χ0) is 24.2. The van der Waals surface area contributed by atoms with Gasteiger partial charge < -0.3 is 14.2 Å². The second-order valence-corrected chi connectivity index (χ2v) is 8.58. The maximum atomic E-state index is 13.6. The van der Waals surface area contributed by atoms with Gasteiger partial charge in [-0.05, 0) is 53.8 Å². The Morgan fingerprint density at radius 3 is 2.62 bits per heavy atom. The van der Waals surface area contributed by atoms with E-state index in [9.17, 15) is 14.0 Å². The molecule has 3 aromatic rings. The molecule has 0 saturated carbocycles. The second-order valence-electron chi connectivity index (χ2n) is 7.63. The number of hydrogen-bond donors (Lipinski definition) is 0. The normalized spacial score (nSPS) is 15.1. The number of hydrazone groups is 1. The number of aryl methyl sites for hydroxylation is 1. The Kier molecular flexibility index (Phi) is 6.93. The predicted octanol–water partition coefficient (Wildman–Crippen LogP) is 4.75. The molecule has 0 spiro atoms. The number of benzene rings is 2. The van der Waals surface area contributed by atoms with E-state index in [0.717, 1.165) is 22.2 Å². The SMILES string of the molecule is COc1ccc(C2CC(c3cccs3)=NN2C(=O)COC(=O)c2cc(F)ccc2C)cc1OC. The minimum Gasteiger partial charge on any atom is -0.493 e. The second kappa shape index (κ2) is 10.0. The lowest BCUT2D eigenvalue weighted by molar-refractivity contribution is -0.136. The van der Waals surface area contributed by atoms with E-state index in [0.29, 0.717) is 23.5 Å². The maximum absolute atomic E-state index is 13.6. The summed E-state index contributed by atoms with van der Waals surface area (Å²) in [5.41, 5.74) is 2.19. The van der Waals surface area contributed by atoms with Crippen molar-refractivity contribution in [2.24, 2.45) is 5.10 Å². The lowest BCUT2D eigenvalue weighted by Gasteiger charge is -2.23. The highest BCUT2D eigenvalue weighted by Crippen LogP contribution is 2.37. The molecule has 176 valence electrons. The highest BCUT2D eigenvalue weighted by Gasteiger charge is 2.34. The summed E-state index contributed by atoms with van der Waals surface area (Å²) in [5, 5.41) is 7.83. The van der Waals surface area contributed by atoms with Crippen LogP contribution in [0.15, 0.2) is 59.0 Å². The fourth-order valence-corrected chi connectivity index (χ4v) is 4.46. The van der Waals surface area contributed by atoms with Crippen molar-refractivity contribution in [1.29, 1.82) is 0 Å². The van der Waals surface area contributed by atoms with Crippen molar-refractivity contribution in [3.05, 3.63) is 81.3 Å². The predicted molar refractivity (Wildman–Crippen MR) is 126 cm³/mol. The molecule has 0 N–H and O–H groups in total. The van der Waals surface area contributed by atoms with Gasteiger partial charge in [0.2, 0.25) is 0 Å². The molecule has 1 atom stereocenters. The summed E-state index contributed by atoms with van der Waals surface area (Å²) in [4.78, 5) is 26.5. The fourth-order valence-electron chi connectivity index (χ4n) is 3.74. The number of esters is 1. The standard InChI is InChI=1S/C25H23FN2O5S/c1-15-6-8-17(26)12-18(15)25(30)33-14-24(29)28-20(13-19(27-28)23-5-4-10-34-23)16-7-9-21(31-2)22(11-16)32-3/h4-12,20H,13-14H2,1-3H3. The summed E-state index contributed by atoms with van der Waals surface area (Å²) >= 11 is 1.53. The Hall–Kier alpha value is -3.72. The molecule has 1 aliphatic heterocycles. The molecule has 0 radical (unpaired) electrons. The first-order chi connectivity index (χ1) is 16.4. The van der Waals surface area contributed by atoms with Crippen LogP contribution in [0.1, 0.15) is 38.8 Å². The third-order valence-corrected chi connectivity index (χ3v) is 6.43. The van der Waals surface area contributed by atoms with Crippen LogP contribution >= 0.6 is 11.3 Å². The van der Waals surface area contributed by atoms with Gasteiger partial charge in [-0.3, -0.25) is 4.79 Å². The number of methoxy groups -OCH3 is 2. The van der Waals surface area contributed by atoms with Gasteiger partial charge in [-0.1, -0.05) is 18.2 Å². The van der Waals surface area contributed by atoms with Gasteiger partial charge in [-0.2, -0.15) is 5.10 Å². The van der Waals surface area contributed by atoms with Gasteiger partial charge >= 0.3 is 5.97 Å². The van der Waals surface area contributed by atoms with Crippen LogP contribution < -0.4 is 9.47 Å². The third kappa shape index (κ3) is 4.79. The third-order valence-electron chi connectivity index (χ3n) is 5.51. The van der Waals surface area contributed by atoms with Crippen LogP contribution in [0.2, 0.25) is 0 Å². The van der Waals surface area contributed by atoms with Crippen molar-refractivity contribution in [3.63, 3.8) is 0 Å². The highest BCUT2D eigenvalue weighted by molar-refractivity contribution is 7.12. The molecule has 1 amide bonds.